The zero-order valence-corrected chi connectivity index (χ0v) is 13.9. The van der Waals surface area contributed by atoms with E-state index < -0.39 is 17.8 Å². The van der Waals surface area contributed by atoms with E-state index in [-0.39, 0.29) is 17.1 Å². The number of ether oxygens (including phenoxy) is 1. The molecule has 0 fully saturated rings. The van der Waals surface area contributed by atoms with Gasteiger partial charge >= 0.3 is 12.3 Å². The number of amides is 1. The summed E-state index contributed by atoms with van der Waals surface area (Å²) in [7, 11) is 0. The number of nitrogens with zero attached hydrogens (tertiary/aromatic N) is 2. The molecule has 0 aliphatic carbocycles. The summed E-state index contributed by atoms with van der Waals surface area (Å²) in [6, 6.07) is 4.85. The molecule has 0 aliphatic heterocycles. The molecule has 9 heteroatoms. The quantitative estimate of drug-likeness (QED) is 0.763. The van der Waals surface area contributed by atoms with Crippen LogP contribution in [0.15, 0.2) is 39.7 Å². The van der Waals surface area contributed by atoms with Gasteiger partial charge in [0.05, 0.1) is 16.4 Å². The van der Waals surface area contributed by atoms with Gasteiger partial charge in [0, 0.05) is 11.9 Å². The number of carbonyl (C=O) groups excluding carboxylic acids is 1. The molecule has 1 amide bonds. The van der Waals surface area contributed by atoms with E-state index in [9.17, 15) is 18.0 Å². The van der Waals surface area contributed by atoms with Crippen LogP contribution in [-0.4, -0.2) is 23.5 Å². The largest absolute Gasteiger partial charge is 0.448 e. The van der Waals surface area contributed by atoms with E-state index in [0.29, 0.717) is 0 Å². The molecule has 0 bridgehead atoms. The average molecular weight is 362 g/mol. The second-order valence-corrected chi connectivity index (χ2v) is 6.38. The number of hydrogen-bond acceptors (Lipinski definition) is 4. The highest BCUT2D eigenvalue weighted by molar-refractivity contribution is 8.00. The van der Waals surface area contributed by atoms with Crippen molar-refractivity contribution < 1.29 is 22.7 Å². The lowest BCUT2D eigenvalue weighted by Crippen LogP contribution is -2.16. The van der Waals surface area contributed by atoms with Crippen LogP contribution in [0, 0.1) is 0 Å². The molecule has 23 heavy (non-hydrogen) atoms. The minimum Gasteiger partial charge on any atom is -0.448 e. The summed E-state index contributed by atoms with van der Waals surface area (Å²) in [6.07, 6.45) is -1.74. The van der Waals surface area contributed by atoms with Crippen molar-refractivity contribution in [3.05, 3.63) is 40.8 Å². The zero-order valence-electron chi connectivity index (χ0n) is 12.3. The molecule has 124 valence electrons. The van der Waals surface area contributed by atoms with Crippen LogP contribution in [0.25, 0.3) is 5.69 Å². The molecule has 0 unspecified atom stereocenters. The summed E-state index contributed by atoms with van der Waals surface area (Å²) in [4.78, 5) is 15.6. The Morgan fingerprint density at radius 2 is 2.17 bits per heavy atom. The van der Waals surface area contributed by atoms with Crippen molar-refractivity contribution in [2.24, 2.45) is 4.99 Å². The summed E-state index contributed by atoms with van der Waals surface area (Å²) in [5.74, 6) is 0. The van der Waals surface area contributed by atoms with E-state index >= 15 is 0 Å². The molecule has 2 rings (SSSR count). The van der Waals surface area contributed by atoms with Gasteiger partial charge in [-0.1, -0.05) is 17.4 Å². The van der Waals surface area contributed by atoms with Gasteiger partial charge < -0.3 is 4.74 Å². The van der Waals surface area contributed by atoms with Crippen molar-refractivity contribution in [3.63, 3.8) is 0 Å². The van der Waals surface area contributed by atoms with E-state index in [4.69, 9.17) is 4.74 Å². The van der Waals surface area contributed by atoms with Gasteiger partial charge in [0.25, 0.3) is 0 Å². The highest BCUT2D eigenvalue weighted by atomic mass is 32.2. The summed E-state index contributed by atoms with van der Waals surface area (Å²) >= 11 is 2.61. The first-order valence-electron chi connectivity index (χ1n) is 6.50. The lowest BCUT2D eigenvalue weighted by atomic mass is 10.2. The summed E-state index contributed by atoms with van der Waals surface area (Å²) < 4.78 is 45.6. The fourth-order valence-electron chi connectivity index (χ4n) is 1.75. The van der Waals surface area contributed by atoms with Crippen LogP contribution in [-0.2, 0) is 10.9 Å². The van der Waals surface area contributed by atoms with Crippen LogP contribution < -0.4 is 4.80 Å². The monoisotopic (exact) mass is 362 g/mol. The van der Waals surface area contributed by atoms with Crippen molar-refractivity contribution in [3.8, 4) is 5.69 Å². The maximum Gasteiger partial charge on any atom is 0.436 e. The fourth-order valence-corrected chi connectivity index (χ4v) is 3.23. The number of halogens is 3. The summed E-state index contributed by atoms with van der Waals surface area (Å²) in [5.41, 5.74) is -0.485. The molecule has 1 heterocycles. The Morgan fingerprint density at radius 3 is 2.78 bits per heavy atom. The number of rotatable bonds is 3. The lowest BCUT2D eigenvalue weighted by Gasteiger charge is -2.09. The Hall–Kier alpha value is -1.74. The minimum absolute atomic E-state index is 0.173. The summed E-state index contributed by atoms with van der Waals surface area (Å²) in [6.45, 7) is 1.82. The second-order valence-electron chi connectivity index (χ2n) is 4.27. The molecular formula is C14H13F3N2O2S2. The number of carbonyl (C=O) groups is 1. The molecule has 1 aromatic heterocycles. The van der Waals surface area contributed by atoms with Crippen LogP contribution in [0.2, 0.25) is 0 Å². The van der Waals surface area contributed by atoms with Crippen LogP contribution in [0.4, 0.5) is 18.0 Å². The van der Waals surface area contributed by atoms with Crippen LogP contribution >= 0.6 is 23.1 Å². The smallest absolute Gasteiger partial charge is 0.436 e. The SMILES string of the molecule is CCOC(=O)/N=c1/sc(SC)cn1-c1cccc(C(F)(F)F)c1. The molecule has 0 spiro atoms. The third-order valence-corrected chi connectivity index (χ3v) is 4.77. The predicted molar refractivity (Wildman–Crippen MR) is 83.0 cm³/mol. The first-order chi connectivity index (χ1) is 10.8. The standard InChI is InChI=1S/C14H13F3N2O2S2/c1-3-21-13(20)18-12-19(8-11(22-2)23-12)10-6-4-5-9(7-10)14(15,16)17/h4-8H,3H2,1-2H3/b18-12+. The highest BCUT2D eigenvalue weighted by Gasteiger charge is 2.30. The Bertz CT molecular complexity index is 766. The van der Waals surface area contributed by atoms with Crippen LogP contribution in [0.3, 0.4) is 0 Å². The van der Waals surface area contributed by atoms with E-state index in [0.717, 1.165) is 16.3 Å². The predicted octanol–water partition coefficient (Wildman–Crippen LogP) is 4.34. The van der Waals surface area contributed by atoms with Gasteiger partial charge in [-0.05, 0) is 31.4 Å². The molecule has 4 nitrogen and oxygen atoms in total. The minimum atomic E-state index is -4.44. The van der Waals surface area contributed by atoms with E-state index in [1.54, 1.807) is 13.1 Å². The van der Waals surface area contributed by atoms with Gasteiger partial charge in [-0.2, -0.15) is 13.2 Å². The van der Waals surface area contributed by atoms with E-state index in [1.165, 1.54) is 39.8 Å². The van der Waals surface area contributed by atoms with Crippen LogP contribution in [0.5, 0.6) is 0 Å². The van der Waals surface area contributed by atoms with Crippen molar-refractivity contribution >= 4 is 29.2 Å². The summed E-state index contributed by atoms with van der Waals surface area (Å²) in [5, 5.41) is 0. The van der Waals surface area contributed by atoms with Gasteiger partial charge in [-0.25, -0.2) is 4.79 Å². The van der Waals surface area contributed by atoms with Gasteiger partial charge in [0.1, 0.15) is 0 Å². The molecule has 0 saturated carbocycles. The first kappa shape index (κ1) is 17.6. The maximum absolute atomic E-state index is 12.9. The molecule has 0 saturated heterocycles. The number of thiazole rings is 1. The fraction of sp³-hybridized carbons (Fsp3) is 0.286. The highest BCUT2D eigenvalue weighted by Crippen LogP contribution is 2.30. The third-order valence-electron chi connectivity index (χ3n) is 2.74. The molecule has 2 aromatic rings. The Morgan fingerprint density at radius 1 is 1.43 bits per heavy atom. The van der Waals surface area contributed by atoms with Gasteiger partial charge in [0.2, 0.25) is 4.80 Å². The molecule has 0 aliphatic rings. The Labute approximate surface area is 138 Å². The molecule has 0 N–H and O–H groups in total. The molecule has 1 aromatic carbocycles. The topological polar surface area (TPSA) is 43.6 Å². The first-order valence-corrected chi connectivity index (χ1v) is 8.55. The van der Waals surface area contributed by atoms with Crippen molar-refractivity contribution in [1.82, 2.24) is 4.57 Å². The van der Waals surface area contributed by atoms with E-state index in [2.05, 4.69) is 4.99 Å². The molecule has 0 radical (unpaired) electrons. The number of benzene rings is 1. The van der Waals surface area contributed by atoms with Crippen LogP contribution in [0.1, 0.15) is 12.5 Å². The zero-order chi connectivity index (χ0) is 17.0. The van der Waals surface area contributed by atoms with Crippen molar-refractivity contribution in [2.45, 2.75) is 17.3 Å². The molecular weight excluding hydrogens is 349 g/mol. The molecule has 0 atom stereocenters. The number of alkyl halides is 3. The van der Waals surface area contributed by atoms with Crippen molar-refractivity contribution in [1.29, 1.82) is 0 Å². The number of hydrogen-bond donors (Lipinski definition) is 0. The Balaban J connectivity index is 2.55. The Kier molecular flexibility index (Phi) is 5.53. The second kappa shape index (κ2) is 7.22. The maximum atomic E-state index is 12.9. The van der Waals surface area contributed by atoms with E-state index in [1.807, 2.05) is 6.26 Å². The van der Waals surface area contributed by atoms with Gasteiger partial charge in [-0.15, -0.1) is 16.8 Å². The third kappa shape index (κ3) is 4.38. The average Bonchev–Trinajstić information content (AvgIpc) is 2.89. The van der Waals surface area contributed by atoms with Crippen molar-refractivity contribution in [2.75, 3.05) is 12.9 Å². The van der Waals surface area contributed by atoms with Gasteiger partial charge in [-0.3, -0.25) is 4.57 Å². The number of aromatic nitrogens is 1. The lowest BCUT2D eigenvalue weighted by molar-refractivity contribution is -0.137. The normalized spacial score (nSPS) is 12.5. The van der Waals surface area contributed by atoms with Gasteiger partial charge in [0.15, 0.2) is 0 Å². The number of thioether (sulfide) groups is 1.